The van der Waals surface area contributed by atoms with Gasteiger partial charge in [-0.05, 0) is 53.5 Å². The Bertz CT molecular complexity index is 713. The number of nitrogens with one attached hydrogen (secondary N) is 3. The first kappa shape index (κ1) is 31.0. The predicted molar refractivity (Wildman–Crippen MR) is 122 cm³/mol. The number of nitrogens with two attached hydrogens (primary N) is 1. The highest BCUT2D eigenvalue weighted by Crippen LogP contribution is 2.06. The fourth-order valence-corrected chi connectivity index (χ4v) is 2.68. The second-order valence-corrected chi connectivity index (χ2v) is 8.01. The van der Waals surface area contributed by atoms with E-state index in [1.807, 2.05) is 0 Å². The molecule has 194 valence electrons. The monoisotopic (exact) mass is 486 g/mol. The summed E-state index contributed by atoms with van der Waals surface area (Å²) in [6, 6.07) is -3.34. The number of aldehydes is 1. The van der Waals surface area contributed by atoms with Gasteiger partial charge >= 0.3 is 11.9 Å². The van der Waals surface area contributed by atoms with E-state index in [2.05, 4.69) is 16.0 Å². The van der Waals surface area contributed by atoms with Crippen LogP contribution in [0.5, 0.6) is 0 Å². The molecule has 0 aliphatic rings. The van der Waals surface area contributed by atoms with E-state index >= 15 is 0 Å². The van der Waals surface area contributed by atoms with E-state index in [0.717, 1.165) is 0 Å². The van der Waals surface area contributed by atoms with Gasteiger partial charge in [0.05, 0.1) is 6.10 Å². The van der Waals surface area contributed by atoms with Gasteiger partial charge in [0.25, 0.3) is 5.91 Å². The van der Waals surface area contributed by atoms with E-state index in [1.54, 1.807) is 20.8 Å². The number of carbonyl (C=O) groups is 6. The minimum atomic E-state index is -1.27. The molecule has 0 bridgehead atoms. The van der Waals surface area contributed by atoms with Crippen molar-refractivity contribution in [2.24, 2.45) is 5.73 Å². The Balaban J connectivity index is 5.15. The Morgan fingerprint density at radius 1 is 0.853 bits per heavy atom. The summed E-state index contributed by atoms with van der Waals surface area (Å²) in [5.74, 6) is -3.39. The van der Waals surface area contributed by atoms with Gasteiger partial charge in [-0.3, -0.25) is 19.2 Å². The van der Waals surface area contributed by atoms with Crippen LogP contribution in [-0.4, -0.2) is 72.8 Å². The third-order valence-electron chi connectivity index (χ3n) is 4.58. The molecule has 4 unspecified atom stereocenters. The van der Waals surface area contributed by atoms with Gasteiger partial charge in [-0.15, -0.1) is 0 Å². The molecular weight excluding hydrogens is 448 g/mol. The molecule has 34 heavy (non-hydrogen) atoms. The molecule has 12 nitrogen and oxygen atoms in total. The van der Waals surface area contributed by atoms with E-state index in [4.69, 9.17) is 15.2 Å². The van der Waals surface area contributed by atoms with Gasteiger partial charge in [-0.1, -0.05) is 6.92 Å². The maximum Gasteiger partial charge on any atom is 0.328 e. The zero-order valence-corrected chi connectivity index (χ0v) is 20.6. The molecule has 0 heterocycles. The van der Waals surface area contributed by atoms with Crippen LogP contribution in [0, 0.1) is 0 Å². The molecule has 0 rings (SSSR count). The van der Waals surface area contributed by atoms with Crippen LogP contribution in [0.2, 0.25) is 0 Å². The average Bonchev–Trinajstić information content (AvgIpc) is 2.77. The van der Waals surface area contributed by atoms with Gasteiger partial charge in [0, 0.05) is 12.8 Å². The minimum absolute atomic E-state index is 0.0913. The summed E-state index contributed by atoms with van der Waals surface area (Å²) in [6.45, 7) is 8.07. The van der Waals surface area contributed by atoms with Crippen molar-refractivity contribution in [3.05, 3.63) is 0 Å². The molecule has 5 N–H and O–H groups in total. The molecule has 3 amide bonds. The lowest BCUT2D eigenvalue weighted by molar-refractivity contribution is -0.154. The molecule has 0 aromatic rings. The van der Waals surface area contributed by atoms with Crippen LogP contribution < -0.4 is 21.7 Å². The summed E-state index contributed by atoms with van der Waals surface area (Å²) in [5, 5.41) is 7.29. The van der Waals surface area contributed by atoms with Crippen molar-refractivity contribution in [1.82, 2.24) is 16.0 Å². The fraction of sp³-hybridized carbons (Fsp3) is 0.727. The highest BCUT2D eigenvalue weighted by atomic mass is 16.5. The molecule has 0 aliphatic carbocycles. The summed E-state index contributed by atoms with van der Waals surface area (Å²) < 4.78 is 10.1. The van der Waals surface area contributed by atoms with Crippen LogP contribution in [0.25, 0.3) is 0 Å². The van der Waals surface area contributed by atoms with Crippen molar-refractivity contribution in [2.75, 3.05) is 6.54 Å². The van der Waals surface area contributed by atoms with Crippen molar-refractivity contribution >= 4 is 35.9 Å². The van der Waals surface area contributed by atoms with Crippen molar-refractivity contribution in [3.63, 3.8) is 0 Å². The summed E-state index contributed by atoms with van der Waals surface area (Å²) in [5.41, 5.74) is 5.48. The molecule has 12 heteroatoms. The first-order valence-corrected chi connectivity index (χ1v) is 11.4. The molecule has 0 aromatic carbocycles. The molecule has 0 fully saturated rings. The minimum Gasteiger partial charge on any atom is -0.461 e. The van der Waals surface area contributed by atoms with E-state index < -0.39 is 60.0 Å². The first-order valence-electron chi connectivity index (χ1n) is 11.4. The summed E-state index contributed by atoms with van der Waals surface area (Å²) in [6.07, 6.45) is 0.161. The van der Waals surface area contributed by atoms with E-state index in [9.17, 15) is 28.8 Å². The first-order chi connectivity index (χ1) is 16.0. The van der Waals surface area contributed by atoms with Crippen LogP contribution >= 0.6 is 0 Å². The summed E-state index contributed by atoms with van der Waals surface area (Å²) in [4.78, 5) is 72.2. The Hall–Kier alpha value is -3.02. The topological polar surface area (TPSA) is 183 Å². The highest BCUT2D eigenvalue weighted by Gasteiger charge is 2.29. The summed E-state index contributed by atoms with van der Waals surface area (Å²) in [7, 11) is 0. The predicted octanol–water partition coefficient (Wildman–Crippen LogP) is -0.528. The molecule has 0 aliphatic heterocycles. The molecule has 0 radical (unpaired) electrons. The Morgan fingerprint density at radius 3 is 2.00 bits per heavy atom. The van der Waals surface area contributed by atoms with Gasteiger partial charge in [0.1, 0.15) is 24.4 Å². The smallest absolute Gasteiger partial charge is 0.328 e. The van der Waals surface area contributed by atoms with Crippen LogP contribution in [-0.2, 0) is 38.2 Å². The van der Waals surface area contributed by atoms with E-state index in [0.29, 0.717) is 25.7 Å². The number of esters is 2. The van der Waals surface area contributed by atoms with Gasteiger partial charge in [-0.25, -0.2) is 4.79 Å². The number of rotatable bonds is 16. The summed E-state index contributed by atoms with van der Waals surface area (Å²) >= 11 is 0. The lowest BCUT2D eigenvalue weighted by Gasteiger charge is -2.24. The second kappa shape index (κ2) is 16.6. The Labute approximate surface area is 200 Å². The quantitative estimate of drug-likeness (QED) is 0.127. The van der Waals surface area contributed by atoms with Crippen LogP contribution in [0.1, 0.15) is 66.7 Å². The normalized spacial score (nSPS) is 14.2. The lowest BCUT2D eigenvalue weighted by Crippen LogP contribution is -2.56. The van der Waals surface area contributed by atoms with E-state index in [1.165, 1.54) is 13.8 Å². The van der Waals surface area contributed by atoms with Crippen molar-refractivity contribution in [3.8, 4) is 0 Å². The fourth-order valence-electron chi connectivity index (χ4n) is 2.68. The third kappa shape index (κ3) is 12.3. The number of amides is 3. The number of ether oxygens (including phenoxy) is 2. The Kier molecular flexibility index (Phi) is 15.1. The van der Waals surface area contributed by atoms with Crippen LogP contribution in [0.3, 0.4) is 0 Å². The van der Waals surface area contributed by atoms with Gasteiger partial charge < -0.3 is 36.0 Å². The van der Waals surface area contributed by atoms with Gasteiger partial charge in [0.2, 0.25) is 11.8 Å². The average molecular weight is 487 g/mol. The maximum atomic E-state index is 12.7. The molecule has 0 saturated heterocycles. The maximum absolute atomic E-state index is 12.7. The van der Waals surface area contributed by atoms with Gasteiger partial charge in [-0.2, -0.15) is 0 Å². The zero-order valence-electron chi connectivity index (χ0n) is 20.6. The number of unbranched alkanes of at least 4 members (excludes halogenated alkanes) is 1. The molecule has 0 aromatic heterocycles. The third-order valence-corrected chi connectivity index (χ3v) is 4.58. The van der Waals surface area contributed by atoms with Crippen LogP contribution in [0.15, 0.2) is 0 Å². The lowest BCUT2D eigenvalue weighted by atomic mass is 10.1. The largest absolute Gasteiger partial charge is 0.461 e. The molecule has 0 saturated carbocycles. The molecule has 4 atom stereocenters. The van der Waals surface area contributed by atoms with Crippen molar-refractivity contribution in [1.29, 1.82) is 0 Å². The van der Waals surface area contributed by atoms with Gasteiger partial charge in [0.15, 0.2) is 6.10 Å². The standard InChI is InChI=1S/C22H38N4O8/c1-6-18(28)34-15(5)20(30)24-14(4)19(29)25-16(10-12-27)21(31)26-17(9-7-8-11-23)22(32)33-13(2)3/h12-17H,6-11,23H2,1-5H3,(H,24,30)(H,25,29)(H,26,31). The number of carbonyl (C=O) groups excluding carboxylic acids is 6. The Morgan fingerprint density at radius 2 is 1.47 bits per heavy atom. The number of hydrogen-bond donors (Lipinski definition) is 4. The molecular formula is C22H38N4O8. The molecule has 0 spiro atoms. The number of hydrogen-bond acceptors (Lipinski definition) is 9. The highest BCUT2D eigenvalue weighted by molar-refractivity contribution is 5.95. The second-order valence-electron chi connectivity index (χ2n) is 8.01. The zero-order chi connectivity index (χ0) is 26.3. The van der Waals surface area contributed by atoms with Crippen molar-refractivity contribution < 1.29 is 38.2 Å². The van der Waals surface area contributed by atoms with Crippen molar-refractivity contribution in [2.45, 2.75) is 97.1 Å². The van der Waals surface area contributed by atoms with Crippen LogP contribution in [0.4, 0.5) is 0 Å². The van der Waals surface area contributed by atoms with E-state index in [-0.39, 0.29) is 19.3 Å². The SMILES string of the molecule is CCC(=O)OC(C)C(=O)NC(C)C(=O)NC(CC=O)C(=O)NC(CCCCN)C(=O)OC(C)C.